The normalized spacial score (nSPS) is 41.1. The number of rotatable bonds is 2. The minimum Gasteiger partial charge on any atom is -0.298 e. The molecule has 116 valence electrons. The van der Waals surface area contributed by atoms with Gasteiger partial charge in [-0.15, -0.1) is 0 Å². The first-order chi connectivity index (χ1) is 9.78. The van der Waals surface area contributed by atoms with Crippen molar-refractivity contribution in [1.82, 2.24) is 9.80 Å². The predicted molar refractivity (Wildman–Crippen MR) is 86.0 cm³/mol. The molecule has 3 fully saturated rings. The third-order valence-electron chi connectivity index (χ3n) is 6.25. The smallest absolute Gasteiger partial charge is 0.0224 e. The van der Waals surface area contributed by atoms with Crippen molar-refractivity contribution in [2.24, 2.45) is 5.92 Å². The zero-order chi connectivity index (χ0) is 13.9. The van der Waals surface area contributed by atoms with Crippen molar-refractivity contribution in [1.29, 1.82) is 0 Å². The lowest BCUT2D eigenvalue weighted by molar-refractivity contribution is -0.0188. The number of piperidine rings is 1. The van der Waals surface area contributed by atoms with Gasteiger partial charge < -0.3 is 0 Å². The van der Waals surface area contributed by atoms with E-state index in [9.17, 15) is 0 Å². The van der Waals surface area contributed by atoms with Crippen LogP contribution in [0.15, 0.2) is 0 Å². The number of piperazine rings is 1. The van der Waals surface area contributed by atoms with Crippen LogP contribution in [0.3, 0.4) is 0 Å². The van der Waals surface area contributed by atoms with Gasteiger partial charge in [0.15, 0.2) is 0 Å². The van der Waals surface area contributed by atoms with Crippen molar-refractivity contribution in [2.75, 3.05) is 19.6 Å². The van der Waals surface area contributed by atoms with Crippen LogP contribution in [0.2, 0.25) is 0 Å². The maximum atomic E-state index is 2.95. The van der Waals surface area contributed by atoms with Crippen LogP contribution < -0.4 is 0 Å². The second-order valence-electron chi connectivity index (χ2n) is 7.67. The van der Waals surface area contributed by atoms with E-state index in [4.69, 9.17) is 0 Å². The monoisotopic (exact) mass is 278 g/mol. The Morgan fingerprint density at radius 1 is 0.850 bits per heavy atom. The van der Waals surface area contributed by atoms with Gasteiger partial charge >= 0.3 is 0 Å². The average molecular weight is 278 g/mol. The minimum absolute atomic E-state index is 0.836. The molecule has 0 aromatic carbocycles. The van der Waals surface area contributed by atoms with Crippen LogP contribution in [0.4, 0.5) is 0 Å². The molecule has 0 aromatic rings. The number of hydrogen-bond acceptors (Lipinski definition) is 2. The molecule has 2 aliphatic heterocycles. The van der Waals surface area contributed by atoms with Gasteiger partial charge in [-0.05, 0) is 51.0 Å². The van der Waals surface area contributed by atoms with Gasteiger partial charge in [-0.2, -0.15) is 0 Å². The largest absolute Gasteiger partial charge is 0.298 e. The van der Waals surface area contributed by atoms with Gasteiger partial charge in [0, 0.05) is 31.2 Å². The molecular formula is C18H34N2. The topological polar surface area (TPSA) is 6.48 Å². The van der Waals surface area contributed by atoms with Crippen LogP contribution in [-0.4, -0.2) is 47.6 Å². The molecule has 0 spiro atoms. The van der Waals surface area contributed by atoms with Crippen molar-refractivity contribution in [3.63, 3.8) is 0 Å². The van der Waals surface area contributed by atoms with E-state index in [-0.39, 0.29) is 0 Å². The van der Waals surface area contributed by atoms with Gasteiger partial charge in [-0.25, -0.2) is 0 Å². The Labute approximate surface area is 125 Å². The van der Waals surface area contributed by atoms with Gasteiger partial charge in [0.25, 0.3) is 0 Å². The van der Waals surface area contributed by atoms with Gasteiger partial charge in [-0.1, -0.05) is 33.1 Å². The molecule has 2 nitrogen and oxygen atoms in total. The fourth-order valence-electron chi connectivity index (χ4n) is 4.89. The summed E-state index contributed by atoms with van der Waals surface area (Å²) in [6.45, 7) is 8.96. The minimum atomic E-state index is 0.836. The van der Waals surface area contributed by atoms with E-state index in [1.54, 1.807) is 0 Å². The van der Waals surface area contributed by atoms with Crippen molar-refractivity contribution in [3.8, 4) is 0 Å². The van der Waals surface area contributed by atoms with E-state index in [0.29, 0.717) is 0 Å². The lowest BCUT2D eigenvalue weighted by Gasteiger charge is -2.51. The Hall–Kier alpha value is -0.0800. The maximum Gasteiger partial charge on any atom is 0.0224 e. The second-order valence-corrected chi connectivity index (χ2v) is 7.67. The summed E-state index contributed by atoms with van der Waals surface area (Å²) in [7, 11) is 0. The van der Waals surface area contributed by atoms with Gasteiger partial charge in [0.1, 0.15) is 0 Å². The molecule has 0 radical (unpaired) electrons. The van der Waals surface area contributed by atoms with Crippen molar-refractivity contribution in [3.05, 3.63) is 0 Å². The molecule has 0 amide bonds. The van der Waals surface area contributed by atoms with Crippen LogP contribution in [0.1, 0.15) is 71.6 Å². The molecule has 4 atom stereocenters. The first kappa shape index (κ1) is 14.8. The average Bonchev–Trinajstić information content (AvgIpc) is 2.70. The molecule has 3 rings (SSSR count). The Bertz CT molecular complexity index is 304. The van der Waals surface area contributed by atoms with Gasteiger partial charge in [0.2, 0.25) is 0 Å². The third kappa shape index (κ3) is 3.22. The fraction of sp³-hybridized carbons (Fsp3) is 1.00. The highest BCUT2D eigenvalue weighted by atomic mass is 15.3. The summed E-state index contributed by atoms with van der Waals surface area (Å²) in [5.74, 6) is 0.969. The van der Waals surface area contributed by atoms with Crippen LogP contribution >= 0.6 is 0 Å². The van der Waals surface area contributed by atoms with E-state index in [0.717, 1.165) is 24.0 Å². The third-order valence-corrected chi connectivity index (χ3v) is 6.25. The molecule has 3 aliphatic rings. The number of hydrogen-bond donors (Lipinski definition) is 0. The molecule has 2 heterocycles. The lowest BCUT2D eigenvalue weighted by Crippen LogP contribution is -2.61. The molecule has 2 heteroatoms. The zero-order valence-corrected chi connectivity index (χ0v) is 13.7. The van der Waals surface area contributed by atoms with Crippen molar-refractivity contribution < 1.29 is 0 Å². The van der Waals surface area contributed by atoms with E-state index in [2.05, 4.69) is 23.6 Å². The summed E-state index contributed by atoms with van der Waals surface area (Å²) in [6.07, 6.45) is 13.0. The fourth-order valence-corrected chi connectivity index (χ4v) is 4.89. The van der Waals surface area contributed by atoms with E-state index >= 15 is 0 Å². The molecular weight excluding hydrogens is 244 g/mol. The number of nitrogens with zero attached hydrogens (tertiary/aromatic N) is 2. The highest BCUT2D eigenvalue weighted by Crippen LogP contribution is 2.32. The SMILES string of the molecule is CCC1CN2CCCCC2CN1C1CCCC(C)CC1. The van der Waals surface area contributed by atoms with Crippen molar-refractivity contribution in [2.45, 2.75) is 89.8 Å². The molecule has 4 unspecified atom stereocenters. The van der Waals surface area contributed by atoms with E-state index in [1.807, 2.05) is 0 Å². The molecule has 0 bridgehead atoms. The Morgan fingerprint density at radius 3 is 2.55 bits per heavy atom. The highest BCUT2D eigenvalue weighted by Gasteiger charge is 2.37. The lowest BCUT2D eigenvalue weighted by atomic mass is 9.93. The summed E-state index contributed by atoms with van der Waals surface area (Å²) >= 11 is 0. The van der Waals surface area contributed by atoms with Crippen LogP contribution in [-0.2, 0) is 0 Å². The Balaban J connectivity index is 1.66. The summed E-state index contributed by atoms with van der Waals surface area (Å²) in [5, 5.41) is 0. The van der Waals surface area contributed by atoms with Crippen molar-refractivity contribution >= 4 is 0 Å². The summed E-state index contributed by atoms with van der Waals surface area (Å²) in [5.41, 5.74) is 0. The molecule has 0 N–H and O–H groups in total. The quantitative estimate of drug-likeness (QED) is 0.707. The summed E-state index contributed by atoms with van der Waals surface area (Å²) in [6, 6.07) is 2.61. The first-order valence-corrected chi connectivity index (χ1v) is 9.27. The van der Waals surface area contributed by atoms with Crippen LogP contribution in [0.25, 0.3) is 0 Å². The number of fused-ring (bicyclic) bond motifs is 1. The van der Waals surface area contributed by atoms with Crippen LogP contribution in [0, 0.1) is 5.92 Å². The molecule has 2 saturated heterocycles. The van der Waals surface area contributed by atoms with E-state index in [1.165, 1.54) is 77.4 Å². The standard InChI is InChI=1S/C18H34N2/c1-3-16-13-19-12-5-4-8-18(19)14-20(16)17-9-6-7-15(2)10-11-17/h15-18H,3-14H2,1-2H3. The Morgan fingerprint density at radius 2 is 1.70 bits per heavy atom. The zero-order valence-electron chi connectivity index (χ0n) is 13.7. The summed E-state index contributed by atoms with van der Waals surface area (Å²) < 4.78 is 0. The maximum absolute atomic E-state index is 2.95. The molecule has 1 saturated carbocycles. The second kappa shape index (κ2) is 6.79. The van der Waals surface area contributed by atoms with Crippen LogP contribution in [0.5, 0.6) is 0 Å². The van der Waals surface area contributed by atoms with E-state index < -0.39 is 0 Å². The first-order valence-electron chi connectivity index (χ1n) is 9.27. The van der Waals surface area contributed by atoms with Gasteiger partial charge in [0.05, 0.1) is 0 Å². The highest BCUT2D eigenvalue weighted by molar-refractivity contribution is 4.93. The molecule has 20 heavy (non-hydrogen) atoms. The van der Waals surface area contributed by atoms with Gasteiger partial charge in [-0.3, -0.25) is 9.80 Å². The molecule has 1 aliphatic carbocycles. The summed E-state index contributed by atoms with van der Waals surface area (Å²) in [4.78, 5) is 5.76. The Kier molecular flexibility index (Phi) is 5.04. The molecule has 0 aromatic heterocycles. The predicted octanol–water partition coefficient (Wildman–Crippen LogP) is 3.90.